The van der Waals surface area contributed by atoms with Gasteiger partial charge in [0.1, 0.15) is 18.0 Å². The highest BCUT2D eigenvalue weighted by Gasteiger charge is 2.06. The summed E-state index contributed by atoms with van der Waals surface area (Å²) in [6, 6.07) is 1.78. The molecule has 0 atom stereocenters. The number of nitriles is 1. The molecule has 2 aromatic rings. The molecule has 0 fully saturated rings. The van der Waals surface area contributed by atoms with Gasteiger partial charge in [0, 0.05) is 0 Å². The number of hydrogen-bond acceptors (Lipinski definition) is 5. The molecule has 0 saturated carbocycles. The van der Waals surface area contributed by atoms with Crippen LogP contribution in [0, 0.1) is 11.3 Å². The molecule has 12 heavy (non-hydrogen) atoms. The van der Waals surface area contributed by atoms with Crippen molar-refractivity contribution in [3.05, 3.63) is 18.1 Å². The van der Waals surface area contributed by atoms with Crippen LogP contribution < -0.4 is 0 Å². The average molecular weight is 161 g/mol. The molecule has 2 rings (SSSR count). The quantitative estimate of drug-likeness (QED) is 0.573. The van der Waals surface area contributed by atoms with E-state index in [9.17, 15) is 5.11 Å². The summed E-state index contributed by atoms with van der Waals surface area (Å²) < 4.78 is 1.10. The molecule has 0 saturated heterocycles. The number of aromatic hydroxyl groups is 1. The van der Waals surface area contributed by atoms with Crippen LogP contribution in [0.3, 0.4) is 0 Å². The van der Waals surface area contributed by atoms with E-state index in [-0.39, 0.29) is 17.2 Å². The van der Waals surface area contributed by atoms with Gasteiger partial charge in [-0.1, -0.05) is 0 Å². The number of hydrogen-bond donors (Lipinski definition) is 1. The van der Waals surface area contributed by atoms with Crippen LogP contribution in [0.5, 0.6) is 5.88 Å². The summed E-state index contributed by atoms with van der Waals surface area (Å²) in [7, 11) is 0. The molecule has 0 spiro atoms. The van der Waals surface area contributed by atoms with Crippen LogP contribution in [-0.2, 0) is 0 Å². The Morgan fingerprint density at radius 2 is 2.33 bits per heavy atom. The van der Waals surface area contributed by atoms with Gasteiger partial charge in [0.15, 0.2) is 0 Å². The first-order chi connectivity index (χ1) is 5.83. The van der Waals surface area contributed by atoms with Crippen molar-refractivity contribution in [3.8, 4) is 11.9 Å². The molecule has 2 aromatic heterocycles. The first-order valence-electron chi connectivity index (χ1n) is 3.10. The SMILES string of the molecule is N#Cc1cnc2ncnn2c1O. The molecule has 0 aliphatic carbocycles. The predicted molar refractivity (Wildman–Crippen MR) is 37.2 cm³/mol. The van der Waals surface area contributed by atoms with Crippen molar-refractivity contribution < 1.29 is 5.11 Å². The lowest BCUT2D eigenvalue weighted by Gasteiger charge is -1.95. The van der Waals surface area contributed by atoms with Crippen molar-refractivity contribution in [2.45, 2.75) is 0 Å². The van der Waals surface area contributed by atoms with Gasteiger partial charge >= 0.3 is 0 Å². The molecule has 0 aromatic carbocycles. The second kappa shape index (κ2) is 2.17. The molecule has 0 bridgehead atoms. The Balaban J connectivity index is 2.89. The average Bonchev–Trinajstić information content (AvgIpc) is 2.53. The number of fused-ring (bicyclic) bond motifs is 1. The van der Waals surface area contributed by atoms with E-state index in [1.165, 1.54) is 12.5 Å². The van der Waals surface area contributed by atoms with Gasteiger partial charge < -0.3 is 5.11 Å². The third kappa shape index (κ3) is 0.703. The van der Waals surface area contributed by atoms with Crippen molar-refractivity contribution >= 4 is 5.78 Å². The van der Waals surface area contributed by atoms with Crippen LogP contribution >= 0.6 is 0 Å². The predicted octanol–water partition coefficient (Wildman–Crippen LogP) is -0.298. The zero-order valence-corrected chi connectivity index (χ0v) is 5.84. The van der Waals surface area contributed by atoms with Gasteiger partial charge in [-0.3, -0.25) is 0 Å². The van der Waals surface area contributed by atoms with E-state index in [4.69, 9.17) is 5.26 Å². The Labute approximate surface area is 66.7 Å². The summed E-state index contributed by atoms with van der Waals surface area (Å²) in [6.07, 6.45) is 2.50. The molecule has 0 aliphatic rings. The van der Waals surface area contributed by atoms with Crippen LogP contribution in [0.2, 0.25) is 0 Å². The van der Waals surface area contributed by atoms with Gasteiger partial charge in [-0.05, 0) is 0 Å². The van der Waals surface area contributed by atoms with Crippen molar-refractivity contribution in [2.75, 3.05) is 0 Å². The molecule has 0 radical (unpaired) electrons. The second-order valence-electron chi connectivity index (χ2n) is 2.08. The lowest BCUT2D eigenvalue weighted by Crippen LogP contribution is -1.94. The van der Waals surface area contributed by atoms with E-state index in [0.29, 0.717) is 0 Å². The van der Waals surface area contributed by atoms with Crippen LogP contribution in [-0.4, -0.2) is 24.7 Å². The van der Waals surface area contributed by atoms with Crippen LogP contribution in [0.1, 0.15) is 5.56 Å². The fourth-order valence-corrected chi connectivity index (χ4v) is 0.846. The Morgan fingerprint density at radius 3 is 3.08 bits per heavy atom. The van der Waals surface area contributed by atoms with E-state index >= 15 is 0 Å². The van der Waals surface area contributed by atoms with Crippen LogP contribution in [0.15, 0.2) is 12.5 Å². The molecule has 0 amide bonds. The van der Waals surface area contributed by atoms with Gasteiger partial charge in [0.2, 0.25) is 5.88 Å². The summed E-state index contributed by atoms with van der Waals surface area (Å²) in [5.41, 5.74) is 0.0769. The maximum Gasteiger partial charge on any atom is 0.255 e. The highest BCUT2D eigenvalue weighted by Crippen LogP contribution is 2.13. The van der Waals surface area contributed by atoms with Crippen molar-refractivity contribution in [3.63, 3.8) is 0 Å². The van der Waals surface area contributed by atoms with E-state index in [2.05, 4.69) is 15.1 Å². The lowest BCUT2D eigenvalue weighted by atomic mass is 10.4. The molecular weight excluding hydrogens is 158 g/mol. The topological polar surface area (TPSA) is 87.1 Å². The highest BCUT2D eigenvalue weighted by atomic mass is 16.3. The number of rotatable bonds is 0. The monoisotopic (exact) mass is 161 g/mol. The summed E-state index contributed by atoms with van der Waals surface area (Å²) in [6.45, 7) is 0. The second-order valence-corrected chi connectivity index (χ2v) is 2.08. The maximum atomic E-state index is 9.34. The molecule has 58 valence electrons. The van der Waals surface area contributed by atoms with Gasteiger partial charge in [0.05, 0.1) is 6.20 Å². The first kappa shape index (κ1) is 6.54. The third-order valence-corrected chi connectivity index (χ3v) is 1.40. The van der Waals surface area contributed by atoms with Crippen LogP contribution in [0.25, 0.3) is 5.78 Å². The Bertz CT molecular complexity index is 468. The molecule has 0 aliphatic heterocycles. The van der Waals surface area contributed by atoms with Gasteiger partial charge in [-0.25, -0.2) is 4.98 Å². The minimum Gasteiger partial charge on any atom is -0.492 e. The standard InChI is InChI=1S/C6H3N5O/c7-1-4-2-8-6-9-3-10-11(6)5(4)12/h2-3,12H. The minimum absolute atomic E-state index is 0.0769. The lowest BCUT2D eigenvalue weighted by molar-refractivity contribution is 0.433. The van der Waals surface area contributed by atoms with Crippen molar-refractivity contribution in [2.24, 2.45) is 0 Å². The zero-order valence-electron chi connectivity index (χ0n) is 5.84. The Hall–Kier alpha value is -2.16. The molecule has 1 N–H and O–H groups in total. The molecule has 0 unspecified atom stereocenters. The smallest absolute Gasteiger partial charge is 0.255 e. The maximum absolute atomic E-state index is 9.34. The minimum atomic E-state index is -0.236. The Kier molecular flexibility index (Phi) is 1.18. The van der Waals surface area contributed by atoms with E-state index < -0.39 is 0 Å². The number of aromatic nitrogens is 4. The summed E-state index contributed by atoms with van der Waals surface area (Å²) >= 11 is 0. The highest BCUT2D eigenvalue weighted by molar-refractivity contribution is 5.41. The van der Waals surface area contributed by atoms with Gasteiger partial charge in [-0.2, -0.15) is 19.9 Å². The largest absolute Gasteiger partial charge is 0.492 e. The van der Waals surface area contributed by atoms with Gasteiger partial charge in [-0.15, -0.1) is 0 Å². The normalized spacial score (nSPS) is 9.92. The number of nitrogens with zero attached hydrogens (tertiary/aromatic N) is 5. The molecule has 2 heterocycles. The van der Waals surface area contributed by atoms with E-state index in [1.54, 1.807) is 6.07 Å². The van der Waals surface area contributed by atoms with Gasteiger partial charge in [0.25, 0.3) is 5.78 Å². The summed E-state index contributed by atoms with van der Waals surface area (Å²) in [5, 5.41) is 21.5. The molecule has 6 nitrogen and oxygen atoms in total. The fourth-order valence-electron chi connectivity index (χ4n) is 0.846. The Morgan fingerprint density at radius 1 is 1.50 bits per heavy atom. The molecule has 6 heteroatoms. The fraction of sp³-hybridized carbons (Fsp3) is 0. The summed E-state index contributed by atoms with van der Waals surface area (Å²) in [5.74, 6) is 0.0338. The van der Waals surface area contributed by atoms with Crippen molar-refractivity contribution in [1.29, 1.82) is 5.26 Å². The van der Waals surface area contributed by atoms with E-state index in [1.807, 2.05) is 0 Å². The van der Waals surface area contributed by atoms with E-state index in [0.717, 1.165) is 4.52 Å². The zero-order chi connectivity index (χ0) is 8.55. The summed E-state index contributed by atoms with van der Waals surface area (Å²) in [4.78, 5) is 7.51. The van der Waals surface area contributed by atoms with Crippen LogP contribution in [0.4, 0.5) is 0 Å². The van der Waals surface area contributed by atoms with Crippen molar-refractivity contribution in [1.82, 2.24) is 19.6 Å². The first-order valence-corrected chi connectivity index (χ1v) is 3.10. The third-order valence-electron chi connectivity index (χ3n) is 1.40. The molecular formula is C6H3N5O.